The van der Waals surface area contributed by atoms with Crippen LogP contribution in [0.25, 0.3) is 0 Å². The van der Waals surface area contributed by atoms with E-state index in [1.165, 1.54) is 63.5 Å². The number of aromatic nitrogens is 2. The summed E-state index contributed by atoms with van der Waals surface area (Å²) < 4.78 is 7.78. The van der Waals surface area contributed by atoms with E-state index >= 15 is 0 Å². The van der Waals surface area contributed by atoms with E-state index in [0.717, 1.165) is 11.4 Å². The van der Waals surface area contributed by atoms with Gasteiger partial charge in [0, 0.05) is 0 Å². The lowest BCUT2D eigenvalue weighted by Crippen LogP contribution is -2.32. The maximum absolute atomic E-state index is 5.53. The minimum absolute atomic E-state index is 0.119. The first-order valence-corrected chi connectivity index (χ1v) is 9.10. The third-order valence-electron chi connectivity index (χ3n) is 4.83. The molecule has 0 radical (unpaired) electrons. The molecule has 1 unspecified atom stereocenters. The molecule has 0 fully saturated rings. The van der Waals surface area contributed by atoms with Crippen molar-refractivity contribution in [1.29, 1.82) is 0 Å². The molecule has 0 saturated carbocycles. The topological polar surface area (TPSA) is 27.1 Å². The van der Waals surface area contributed by atoms with Crippen molar-refractivity contribution in [2.45, 2.75) is 97.9 Å². The second-order valence-corrected chi connectivity index (χ2v) is 6.88. The summed E-state index contributed by atoms with van der Waals surface area (Å²) in [6.45, 7) is 11.1. The maximum Gasteiger partial charge on any atom is 0.162 e. The monoisotopic (exact) mass is 308 g/mol. The van der Waals surface area contributed by atoms with Crippen molar-refractivity contribution >= 4 is 0 Å². The Morgan fingerprint density at radius 3 is 2.09 bits per heavy atom. The van der Waals surface area contributed by atoms with Gasteiger partial charge in [-0.2, -0.15) is 5.10 Å². The fraction of sp³-hybridized carbons (Fsp3) is 0.842. The lowest BCUT2D eigenvalue weighted by Gasteiger charge is -2.32. The van der Waals surface area contributed by atoms with Gasteiger partial charge in [-0.25, -0.2) is 0 Å². The number of ether oxygens (including phenoxy) is 1. The summed E-state index contributed by atoms with van der Waals surface area (Å²) >= 11 is 0. The molecule has 0 aliphatic heterocycles. The first kappa shape index (κ1) is 19.1. The van der Waals surface area contributed by atoms with Gasteiger partial charge in [-0.3, -0.25) is 4.68 Å². The molecule has 1 heterocycles. The van der Waals surface area contributed by atoms with E-state index in [1.54, 1.807) is 7.11 Å². The second kappa shape index (κ2) is 9.22. The molecule has 0 aliphatic carbocycles. The first-order valence-electron chi connectivity index (χ1n) is 9.10. The summed E-state index contributed by atoms with van der Waals surface area (Å²) in [5.41, 5.74) is 2.30. The molecule has 0 spiro atoms. The van der Waals surface area contributed by atoms with E-state index in [2.05, 4.69) is 32.4 Å². The zero-order valence-electron chi connectivity index (χ0n) is 15.7. The van der Waals surface area contributed by atoms with Gasteiger partial charge >= 0.3 is 0 Å². The lowest BCUT2D eigenvalue weighted by atomic mass is 9.88. The number of rotatable bonds is 11. The molecule has 0 amide bonds. The van der Waals surface area contributed by atoms with E-state index in [1.807, 2.05) is 6.92 Å². The van der Waals surface area contributed by atoms with Gasteiger partial charge in [-0.15, -0.1) is 0 Å². The molecule has 0 aromatic carbocycles. The SMILES string of the molecule is CCCCCCCC(C)(CCCC)n1nc(C)c(OC)c1C. The first-order chi connectivity index (χ1) is 10.5. The van der Waals surface area contributed by atoms with Crippen LogP contribution in [-0.2, 0) is 5.54 Å². The van der Waals surface area contributed by atoms with E-state index in [0.29, 0.717) is 0 Å². The molecule has 1 atom stereocenters. The fourth-order valence-corrected chi connectivity index (χ4v) is 3.45. The zero-order chi connectivity index (χ0) is 16.6. The summed E-state index contributed by atoms with van der Waals surface area (Å²) in [5.74, 6) is 0.953. The number of hydrogen-bond donors (Lipinski definition) is 0. The highest BCUT2D eigenvalue weighted by molar-refractivity contribution is 5.32. The predicted octanol–water partition coefficient (Wildman–Crippen LogP) is 5.77. The van der Waals surface area contributed by atoms with Gasteiger partial charge in [-0.05, 0) is 33.6 Å². The van der Waals surface area contributed by atoms with E-state index in [-0.39, 0.29) is 5.54 Å². The van der Waals surface area contributed by atoms with E-state index in [4.69, 9.17) is 9.84 Å². The molecule has 0 saturated heterocycles. The van der Waals surface area contributed by atoms with Crippen LogP contribution in [0.15, 0.2) is 0 Å². The van der Waals surface area contributed by atoms with Gasteiger partial charge in [0.25, 0.3) is 0 Å². The van der Waals surface area contributed by atoms with Crippen LogP contribution >= 0.6 is 0 Å². The maximum atomic E-state index is 5.53. The van der Waals surface area contributed by atoms with Crippen molar-refractivity contribution in [3.05, 3.63) is 11.4 Å². The Balaban J connectivity index is 2.86. The summed E-state index contributed by atoms with van der Waals surface area (Å²) in [5, 5.41) is 4.81. The molecule has 1 rings (SSSR count). The Bertz CT molecular complexity index is 439. The van der Waals surface area contributed by atoms with Crippen LogP contribution < -0.4 is 4.74 Å². The average molecular weight is 309 g/mol. The van der Waals surface area contributed by atoms with Gasteiger partial charge in [0.05, 0.1) is 18.3 Å². The molecular formula is C19H36N2O. The molecule has 0 aliphatic rings. The highest BCUT2D eigenvalue weighted by Crippen LogP contribution is 2.34. The highest BCUT2D eigenvalue weighted by Gasteiger charge is 2.29. The van der Waals surface area contributed by atoms with E-state index < -0.39 is 0 Å². The van der Waals surface area contributed by atoms with Crippen LogP contribution in [0.4, 0.5) is 0 Å². The summed E-state index contributed by atoms with van der Waals surface area (Å²) in [6, 6.07) is 0. The standard InChI is InChI=1S/C19H36N2O/c1-7-9-11-12-13-15-19(5,14-10-8-2)21-17(4)18(22-6)16(3)20-21/h7-15H2,1-6H3. The van der Waals surface area contributed by atoms with Crippen molar-refractivity contribution in [3.63, 3.8) is 0 Å². The average Bonchev–Trinajstić information content (AvgIpc) is 2.80. The molecule has 0 N–H and O–H groups in total. The third-order valence-corrected chi connectivity index (χ3v) is 4.83. The number of methoxy groups -OCH3 is 1. The van der Waals surface area contributed by atoms with Gasteiger partial charge in [0.1, 0.15) is 5.69 Å². The van der Waals surface area contributed by atoms with Gasteiger partial charge in [0.2, 0.25) is 0 Å². The molecule has 3 heteroatoms. The third kappa shape index (κ3) is 4.76. The van der Waals surface area contributed by atoms with Gasteiger partial charge in [-0.1, -0.05) is 58.8 Å². The van der Waals surface area contributed by atoms with Crippen LogP contribution in [0.5, 0.6) is 5.75 Å². The van der Waals surface area contributed by atoms with Crippen molar-refractivity contribution < 1.29 is 4.74 Å². The number of aryl methyl sites for hydroxylation is 1. The van der Waals surface area contributed by atoms with Crippen molar-refractivity contribution in [1.82, 2.24) is 9.78 Å². The summed E-state index contributed by atoms with van der Waals surface area (Å²) in [4.78, 5) is 0. The molecule has 1 aromatic heterocycles. The normalized spacial score (nSPS) is 14.1. The quantitative estimate of drug-likeness (QED) is 0.485. The molecular weight excluding hydrogens is 272 g/mol. The van der Waals surface area contributed by atoms with Crippen LogP contribution in [0.3, 0.4) is 0 Å². The van der Waals surface area contributed by atoms with Crippen LogP contribution in [0.2, 0.25) is 0 Å². The highest BCUT2D eigenvalue weighted by atomic mass is 16.5. The fourth-order valence-electron chi connectivity index (χ4n) is 3.45. The van der Waals surface area contributed by atoms with E-state index in [9.17, 15) is 0 Å². The minimum Gasteiger partial charge on any atom is -0.493 e. The van der Waals surface area contributed by atoms with Gasteiger partial charge < -0.3 is 4.74 Å². The van der Waals surface area contributed by atoms with Crippen molar-refractivity contribution in [2.75, 3.05) is 7.11 Å². The lowest BCUT2D eigenvalue weighted by molar-refractivity contribution is 0.223. The Morgan fingerprint density at radius 1 is 0.955 bits per heavy atom. The Kier molecular flexibility index (Phi) is 7.98. The van der Waals surface area contributed by atoms with Crippen molar-refractivity contribution in [3.8, 4) is 5.75 Å². The number of unbranched alkanes of at least 4 members (excludes halogenated alkanes) is 5. The number of hydrogen-bond acceptors (Lipinski definition) is 2. The summed E-state index contributed by atoms with van der Waals surface area (Å²) in [7, 11) is 1.75. The molecule has 1 aromatic rings. The van der Waals surface area contributed by atoms with Crippen LogP contribution in [0.1, 0.15) is 89.9 Å². The second-order valence-electron chi connectivity index (χ2n) is 6.88. The van der Waals surface area contributed by atoms with Crippen LogP contribution in [0, 0.1) is 13.8 Å². The zero-order valence-corrected chi connectivity index (χ0v) is 15.7. The molecule has 3 nitrogen and oxygen atoms in total. The molecule has 128 valence electrons. The largest absolute Gasteiger partial charge is 0.493 e. The van der Waals surface area contributed by atoms with Crippen molar-refractivity contribution in [2.24, 2.45) is 0 Å². The minimum atomic E-state index is 0.119. The Labute approximate surface area is 137 Å². The Morgan fingerprint density at radius 2 is 1.55 bits per heavy atom. The number of nitrogens with zero attached hydrogens (tertiary/aromatic N) is 2. The predicted molar refractivity (Wildman–Crippen MR) is 94.8 cm³/mol. The molecule has 0 bridgehead atoms. The van der Waals surface area contributed by atoms with Gasteiger partial charge in [0.15, 0.2) is 5.75 Å². The van der Waals surface area contributed by atoms with Crippen LogP contribution in [-0.4, -0.2) is 16.9 Å². The molecule has 22 heavy (non-hydrogen) atoms. The summed E-state index contributed by atoms with van der Waals surface area (Å²) in [6.07, 6.45) is 11.6. The smallest absolute Gasteiger partial charge is 0.162 e. The Hall–Kier alpha value is -0.990.